The lowest BCUT2D eigenvalue weighted by molar-refractivity contribution is -0.131. The van der Waals surface area contributed by atoms with E-state index in [1.807, 2.05) is 0 Å². The molecule has 0 aliphatic carbocycles. The Morgan fingerprint density at radius 2 is 1.36 bits per heavy atom. The SMILES string of the molecule is NCCCCC(N)C(=O)NCCCNCCCNCCCCCNC(=O)C(CC(N)=O)NC(=O)Cc1ccccc1[OH2+]. The van der Waals surface area contributed by atoms with Crippen LogP contribution in [0.2, 0.25) is 0 Å². The van der Waals surface area contributed by atoms with E-state index >= 15 is 0 Å². The molecular weight excluding hydrogens is 540 g/mol. The molecule has 0 fully saturated rings. The summed E-state index contributed by atoms with van der Waals surface area (Å²) in [4.78, 5) is 48.2. The van der Waals surface area contributed by atoms with E-state index in [2.05, 4.69) is 26.6 Å². The van der Waals surface area contributed by atoms with Crippen molar-refractivity contribution in [2.24, 2.45) is 17.2 Å². The molecule has 13 heteroatoms. The average Bonchev–Trinajstić information content (AvgIpc) is 2.95. The lowest BCUT2D eigenvalue weighted by Crippen LogP contribution is -2.49. The number of nitrogens with two attached hydrogens (primary N) is 3. The molecule has 0 aliphatic rings. The van der Waals surface area contributed by atoms with Gasteiger partial charge in [0.1, 0.15) is 6.04 Å². The Balaban J connectivity index is 2.04. The minimum Gasteiger partial charge on any atom is -0.593 e. The number of hydrogen-bond donors (Lipinski definition) is 8. The molecule has 0 radical (unpaired) electrons. The van der Waals surface area contributed by atoms with Gasteiger partial charge in [0.15, 0.2) is 0 Å². The van der Waals surface area contributed by atoms with Crippen LogP contribution >= 0.6 is 0 Å². The highest BCUT2D eigenvalue weighted by Gasteiger charge is 2.23. The minimum atomic E-state index is -1.04. The summed E-state index contributed by atoms with van der Waals surface area (Å²) in [5, 5.41) is 22.8. The van der Waals surface area contributed by atoms with Gasteiger partial charge in [0.05, 0.1) is 24.4 Å². The van der Waals surface area contributed by atoms with E-state index in [0.29, 0.717) is 31.6 Å². The molecule has 0 saturated carbocycles. The minimum absolute atomic E-state index is 0.0585. The first-order valence-electron chi connectivity index (χ1n) is 15.0. The van der Waals surface area contributed by atoms with E-state index in [9.17, 15) is 19.2 Å². The van der Waals surface area contributed by atoms with E-state index < -0.39 is 29.8 Å². The molecule has 0 heterocycles. The fourth-order valence-corrected chi connectivity index (χ4v) is 4.17. The number of carbonyl (C=O) groups excluding carboxylic acids is 4. The van der Waals surface area contributed by atoms with E-state index in [1.54, 1.807) is 24.3 Å². The molecule has 42 heavy (non-hydrogen) atoms. The summed E-state index contributed by atoms with van der Waals surface area (Å²) < 4.78 is 0. The molecule has 238 valence electrons. The summed E-state index contributed by atoms with van der Waals surface area (Å²) in [6.07, 6.45) is 6.56. The number of rotatable bonds is 25. The van der Waals surface area contributed by atoms with Gasteiger partial charge in [0, 0.05) is 19.2 Å². The number of nitrogens with one attached hydrogen (secondary N) is 5. The van der Waals surface area contributed by atoms with Crippen molar-refractivity contribution in [2.75, 3.05) is 45.8 Å². The smallest absolute Gasteiger partial charge is 0.257 e. The summed E-state index contributed by atoms with van der Waals surface area (Å²) in [7, 11) is 0. The molecule has 0 bridgehead atoms. The van der Waals surface area contributed by atoms with Crippen molar-refractivity contribution in [2.45, 2.75) is 76.3 Å². The fourth-order valence-electron chi connectivity index (χ4n) is 4.17. The van der Waals surface area contributed by atoms with Crippen molar-refractivity contribution in [1.29, 1.82) is 0 Å². The van der Waals surface area contributed by atoms with Gasteiger partial charge in [-0.3, -0.25) is 19.2 Å². The number of carbonyl (C=O) groups is 4. The maximum atomic E-state index is 12.5. The second-order valence-corrected chi connectivity index (χ2v) is 10.4. The molecule has 0 spiro atoms. The molecule has 2 unspecified atom stereocenters. The van der Waals surface area contributed by atoms with Gasteiger partial charge in [-0.05, 0) is 77.3 Å². The third-order valence-electron chi connectivity index (χ3n) is 6.60. The fraction of sp³-hybridized carbons (Fsp3) is 0.655. The summed E-state index contributed by atoms with van der Waals surface area (Å²) in [6.45, 7) is 5.17. The van der Waals surface area contributed by atoms with Crippen LogP contribution in [0.15, 0.2) is 24.3 Å². The van der Waals surface area contributed by atoms with E-state index in [1.165, 1.54) is 0 Å². The van der Waals surface area contributed by atoms with Crippen molar-refractivity contribution in [3.05, 3.63) is 29.8 Å². The monoisotopic (exact) mass is 593 g/mol. The second kappa shape index (κ2) is 23.3. The van der Waals surface area contributed by atoms with Gasteiger partial charge in [-0.15, -0.1) is 0 Å². The molecule has 1 aromatic rings. The molecular formula is C29H53N8O5+. The van der Waals surface area contributed by atoms with Gasteiger partial charge in [-0.25, -0.2) is 0 Å². The topological polar surface area (TPSA) is 229 Å². The van der Waals surface area contributed by atoms with Gasteiger partial charge in [-0.2, -0.15) is 0 Å². The summed E-state index contributed by atoms with van der Waals surface area (Å²) in [6, 6.07) is 5.20. The predicted octanol–water partition coefficient (Wildman–Crippen LogP) is -1.15. The molecule has 2 atom stereocenters. The molecule has 0 saturated heterocycles. The van der Waals surface area contributed by atoms with Gasteiger partial charge >= 0.3 is 0 Å². The molecule has 1 aromatic carbocycles. The van der Waals surface area contributed by atoms with Crippen molar-refractivity contribution in [3.63, 3.8) is 0 Å². The third-order valence-corrected chi connectivity index (χ3v) is 6.60. The zero-order chi connectivity index (χ0) is 31.0. The highest BCUT2D eigenvalue weighted by atomic mass is 16.3. The van der Waals surface area contributed by atoms with Crippen LogP contribution in [0.25, 0.3) is 0 Å². The van der Waals surface area contributed by atoms with Gasteiger partial charge in [0.2, 0.25) is 23.6 Å². The first kappa shape index (κ1) is 36.8. The molecule has 0 aliphatic heterocycles. The Hall–Kier alpha value is -3.26. The van der Waals surface area contributed by atoms with Gasteiger partial charge < -0.3 is 48.9 Å². The van der Waals surface area contributed by atoms with Crippen molar-refractivity contribution in [3.8, 4) is 5.75 Å². The number of para-hydroxylation sites is 1. The van der Waals surface area contributed by atoms with Crippen LogP contribution in [-0.2, 0) is 25.6 Å². The normalized spacial score (nSPS) is 12.3. The van der Waals surface area contributed by atoms with Crippen LogP contribution in [0.1, 0.15) is 63.4 Å². The standard InChI is InChI=1S/C29H52N8O5/c30-13-5-4-11-23(31)28(41)35-19-9-17-34-16-8-15-33-14-6-1-7-18-36-29(42)24(21-26(32)39)37-27(40)20-22-10-2-3-12-25(22)38/h2-3,10,12,23-24,33-34,38H,1,4-9,11,13-21,30-31H2,(H2,32,39)(H,35,41)(H,36,42)(H,37,40)/p+1. The molecule has 13 nitrogen and oxygen atoms in total. The van der Waals surface area contributed by atoms with E-state index in [0.717, 1.165) is 71.1 Å². The van der Waals surface area contributed by atoms with E-state index in [4.69, 9.17) is 22.3 Å². The Morgan fingerprint density at radius 3 is 2.02 bits per heavy atom. The lowest BCUT2D eigenvalue weighted by Gasteiger charge is -2.17. The Kier molecular flexibility index (Phi) is 20.4. The highest BCUT2D eigenvalue weighted by Crippen LogP contribution is 2.16. The van der Waals surface area contributed by atoms with Crippen molar-refractivity contribution >= 4 is 23.6 Å². The van der Waals surface area contributed by atoms with E-state index in [-0.39, 0.29) is 24.5 Å². The Morgan fingerprint density at radius 1 is 0.762 bits per heavy atom. The van der Waals surface area contributed by atoms with Crippen LogP contribution in [0.5, 0.6) is 5.75 Å². The molecule has 1 rings (SSSR count). The van der Waals surface area contributed by atoms with Crippen LogP contribution < -0.4 is 43.8 Å². The van der Waals surface area contributed by atoms with Gasteiger partial charge in [-0.1, -0.05) is 25.0 Å². The van der Waals surface area contributed by atoms with Crippen molar-refractivity contribution < 1.29 is 24.3 Å². The first-order chi connectivity index (χ1) is 20.2. The largest absolute Gasteiger partial charge is 0.593 e. The lowest BCUT2D eigenvalue weighted by atomic mass is 10.1. The van der Waals surface area contributed by atoms with Crippen LogP contribution in [0, 0.1) is 0 Å². The average molecular weight is 594 g/mol. The number of amides is 4. The third kappa shape index (κ3) is 18.2. The number of unbranched alkanes of at least 4 members (excludes halogenated alkanes) is 3. The zero-order valence-electron chi connectivity index (χ0n) is 24.8. The number of primary amides is 1. The summed E-state index contributed by atoms with van der Waals surface area (Å²) in [5.41, 5.74) is 17.1. The highest BCUT2D eigenvalue weighted by molar-refractivity contribution is 5.92. The second-order valence-electron chi connectivity index (χ2n) is 10.4. The first-order valence-corrected chi connectivity index (χ1v) is 15.0. The Labute approximate surface area is 249 Å². The quantitative estimate of drug-likeness (QED) is 0.0508. The van der Waals surface area contributed by atoms with Gasteiger partial charge in [0.25, 0.3) is 5.75 Å². The Bertz CT molecular complexity index is 933. The molecule has 4 amide bonds. The molecule has 0 aromatic heterocycles. The van der Waals surface area contributed by atoms with Crippen molar-refractivity contribution in [1.82, 2.24) is 26.6 Å². The molecule has 13 N–H and O–H groups in total. The van der Waals surface area contributed by atoms with Crippen LogP contribution in [-0.4, -0.2) is 86.6 Å². The summed E-state index contributed by atoms with van der Waals surface area (Å²) in [5.74, 6) is -1.44. The van der Waals surface area contributed by atoms with Crippen LogP contribution in [0.3, 0.4) is 0 Å². The predicted molar refractivity (Wildman–Crippen MR) is 165 cm³/mol. The maximum Gasteiger partial charge on any atom is 0.257 e. The number of benzene rings is 1. The zero-order valence-corrected chi connectivity index (χ0v) is 24.8. The number of hydrogen-bond acceptors (Lipinski definition) is 8. The summed E-state index contributed by atoms with van der Waals surface area (Å²) >= 11 is 0. The maximum absolute atomic E-state index is 12.5. The van der Waals surface area contributed by atoms with Crippen LogP contribution in [0.4, 0.5) is 0 Å².